The van der Waals surface area contributed by atoms with Gasteiger partial charge in [-0.05, 0) is 37.3 Å². The molecular formula is C13H18N2OS. The molecule has 17 heavy (non-hydrogen) atoms. The quantitative estimate of drug-likeness (QED) is 0.278. The lowest BCUT2D eigenvalue weighted by Gasteiger charge is -2.13. The lowest BCUT2D eigenvalue weighted by molar-refractivity contribution is 0.315. The monoisotopic (exact) mass is 250 g/mol. The molecule has 4 heteroatoms. The first-order chi connectivity index (χ1) is 8.13. The number of oxime groups is 1. The van der Waals surface area contributed by atoms with Gasteiger partial charge in [0.25, 0.3) is 0 Å². The molecule has 1 aliphatic carbocycles. The average molecular weight is 250 g/mol. The number of amidine groups is 1. The van der Waals surface area contributed by atoms with E-state index in [0.717, 1.165) is 5.75 Å². The molecule has 0 unspecified atom stereocenters. The number of hydrogen-bond acceptors (Lipinski definition) is 3. The normalized spacial score (nSPS) is 18.1. The summed E-state index contributed by atoms with van der Waals surface area (Å²) in [7, 11) is 0. The fourth-order valence-electron chi connectivity index (χ4n) is 1.84. The smallest absolute Gasteiger partial charge is 0.139 e. The van der Waals surface area contributed by atoms with Crippen molar-refractivity contribution in [1.29, 1.82) is 0 Å². The van der Waals surface area contributed by atoms with Crippen LogP contribution < -0.4 is 5.73 Å². The Balaban J connectivity index is 1.88. The van der Waals surface area contributed by atoms with Crippen molar-refractivity contribution >= 4 is 17.6 Å². The fourth-order valence-corrected chi connectivity index (χ4v) is 3.03. The van der Waals surface area contributed by atoms with Gasteiger partial charge < -0.3 is 10.9 Å². The van der Waals surface area contributed by atoms with E-state index in [1.807, 2.05) is 11.8 Å². The van der Waals surface area contributed by atoms with Crippen LogP contribution in [0.4, 0.5) is 0 Å². The number of hydrogen-bond donors (Lipinski definition) is 2. The molecule has 2 rings (SSSR count). The van der Waals surface area contributed by atoms with E-state index >= 15 is 0 Å². The highest BCUT2D eigenvalue weighted by Crippen LogP contribution is 2.51. The van der Waals surface area contributed by atoms with Crippen molar-refractivity contribution in [1.82, 2.24) is 0 Å². The van der Waals surface area contributed by atoms with Gasteiger partial charge in [0.1, 0.15) is 5.84 Å². The third-order valence-corrected chi connectivity index (χ3v) is 4.57. The highest BCUT2D eigenvalue weighted by molar-refractivity contribution is 7.99. The topological polar surface area (TPSA) is 58.6 Å². The highest BCUT2D eigenvalue weighted by atomic mass is 32.2. The maximum Gasteiger partial charge on any atom is 0.139 e. The van der Waals surface area contributed by atoms with Gasteiger partial charge in [0.15, 0.2) is 0 Å². The van der Waals surface area contributed by atoms with E-state index in [0.29, 0.717) is 12.3 Å². The van der Waals surface area contributed by atoms with Gasteiger partial charge in [0.2, 0.25) is 0 Å². The van der Waals surface area contributed by atoms with Crippen molar-refractivity contribution in [2.45, 2.75) is 31.1 Å². The van der Waals surface area contributed by atoms with E-state index in [1.165, 1.54) is 23.3 Å². The van der Waals surface area contributed by atoms with Crippen LogP contribution in [0.15, 0.2) is 34.3 Å². The molecule has 0 radical (unpaired) electrons. The third-order valence-electron chi connectivity index (χ3n) is 3.21. The van der Waals surface area contributed by atoms with Crippen LogP contribution in [0.1, 0.15) is 24.8 Å². The Hall–Kier alpha value is -1.16. The Morgan fingerprint density at radius 3 is 2.59 bits per heavy atom. The summed E-state index contributed by atoms with van der Waals surface area (Å²) in [6.45, 7) is 2.09. The molecule has 0 heterocycles. The van der Waals surface area contributed by atoms with E-state index in [1.54, 1.807) is 0 Å². The molecule has 1 aromatic carbocycles. The first-order valence-electron chi connectivity index (χ1n) is 5.79. The first-order valence-corrected chi connectivity index (χ1v) is 6.78. The van der Waals surface area contributed by atoms with Crippen molar-refractivity contribution < 1.29 is 5.21 Å². The maximum absolute atomic E-state index is 8.60. The zero-order valence-corrected chi connectivity index (χ0v) is 10.8. The minimum absolute atomic E-state index is 0.270. The summed E-state index contributed by atoms with van der Waals surface area (Å²) in [5.74, 6) is 1.40. The van der Waals surface area contributed by atoms with E-state index in [-0.39, 0.29) is 5.41 Å². The molecular weight excluding hydrogens is 232 g/mol. The second kappa shape index (κ2) is 5.00. The first kappa shape index (κ1) is 12.3. The summed E-state index contributed by atoms with van der Waals surface area (Å²) in [4.78, 5) is 1.29. The van der Waals surface area contributed by atoms with Crippen molar-refractivity contribution in [3.8, 4) is 0 Å². The van der Waals surface area contributed by atoms with Crippen molar-refractivity contribution in [2.24, 2.45) is 16.3 Å². The van der Waals surface area contributed by atoms with Gasteiger partial charge in [-0.3, -0.25) is 0 Å². The number of benzene rings is 1. The lowest BCUT2D eigenvalue weighted by atomic mass is 10.1. The maximum atomic E-state index is 8.60. The SMILES string of the molecule is Cc1ccc(SCC2(CC(N)=NO)CC2)cc1. The predicted octanol–water partition coefficient (Wildman–Crippen LogP) is 3.00. The summed E-state index contributed by atoms with van der Waals surface area (Å²) in [5.41, 5.74) is 7.13. The molecule has 3 N–H and O–H groups in total. The predicted molar refractivity (Wildman–Crippen MR) is 71.6 cm³/mol. The third kappa shape index (κ3) is 3.40. The van der Waals surface area contributed by atoms with Crippen molar-refractivity contribution in [3.05, 3.63) is 29.8 Å². The molecule has 0 saturated heterocycles. The second-order valence-corrected chi connectivity index (χ2v) is 5.92. The minimum atomic E-state index is 0.270. The fraction of sp³-hybridized carbons (Fsp3) is 0.462. The van der Waals surface area contributed by atoms with Gasteiger partial charge in [-0.25, -0.2) is 0 Å². The molecule has 0 aromatic heterocycles. The largest absolute Gasteiger partial charge is 0.409 e. The van der Waals surface area contributed by atoms with Crippen LogP contribution in [0, 0.1) is 12.3 Å². The zero-order valence-electron chi connectivity index (χ0n) is 10.0. The standard InChI is InChI=1S/C13H18N2OS/c1-10-2-4-11(5-3-10)17-9-13(6-7-13)8-12(14)15-16/h2-5,16H,6-9H2,1H3,(H2,14,15). The van der Waals surface area contributed by atoms with E-state index < -0.39 is 0 Å². The Kier molecular flexibility index (Phi) is 3.62. The molecule has 0 bridgehead atoms. The van der Waals surface area contributed by atoms with Gasteiger partial charge >= 0.3 is 0 Å². The van der Waals surface area contributed by atoms with Crippen LogP contribution in [0.5, 0.6) is 0 Å². The Labute approximate surface area is 106 Å². The lowest BCUT2D eigenvalue weighted by Crippen LogP contribution is -2.19. The second-order valence-electron chi connectivity index (χ2n) is 4.87. The average Bonchev–Trinajstić information content (AvgIpc) is 3.09. The molecule has 3 nitrogen and oxygen atoms in total. The summed E-state index contributed by atoms with van der Waals surface area (Å²) in [5, 5.41) is 11.7. The molecule has 1 aliphatic rings. The molecule has 0 spiro atoms. The van der Waals surface area contributed by atoms with Crippen molar-refractivity contribution in [2.75, 3.05) is 5.75 Å². The molecule has 0 aliphatic heterocycles. The van der Waals surface area contributed by atoms with Crippen LogP contribution in [-0.2, 0) is 0 Å². The Morgan fingerprint density at radius 2 is 2.06 bits per heavy atom. The molecule has 1 fully saturated rings. The highest BCUT2D eigenvalue weighted by Gasteiger charge is 2.43. The minimum Gasteiger partial charge on any atom is -0.409 e. The molecule has 0 atom stereocenters. The number of nitrogens with two attached hydrogens (primary N) is 1. The molecule has 92 valence electrons. The molecule has 1 saturated carbocycles. The summed E-state index contributed by atoms with van der Waals surface area (Å²) < 4.78 is 0. The molecule has 0 amide bonds. The Morgan fingerprint density at radius 1 is 1.41 bits per heavy atom. The number of rotatable bonds is 5. The van der Waals surface area contributed by atoms with Crippen LogP contribution in [0.25, 0.3) is 0 Å². The van der Waals surface area contributed by atoms with Crippen LogP contribution >= 0.6 is 11.8 Å². The number of aryl methyl sites for hydroxylation is 1. The number of thioether (sulfide) groups is 1. The van der Waals surface area contributed by atoms with E-state index in [4.69, 9.17) is 10.9 Å². The van der Waals surface area contributed by atoms with Gasteiger partial charge in [-0.1, -0.05) is 22.9 Å². The molecule has 1 aromatic rings. The van der Waals surface area contributed by atoms with Crippen LogP contribution in [-0.4, -0.2) is 16.8 Å². The van der Waals surface area contributed by atoms with Gasteiger partial charge in [-0.2, -0.15) is 0 Å². The Bertz CT molecular complexity index is 410. The van der Waals surface area contributed by atoms with Gasteiger partial charge in [-0.15, -0.1) is 11.8 Å². The van der Waals surface area contributed by atoms with Crippen LogP contribution in [0.3, 0.4) is 0 Å². The van der Waals surface area contributed by atoms with E-state index in [2.05, 4.69) is 36.3 Å². The van der Waals surface area contributed by atoms with Crippen LogP contribution in [0.2, 0.25) is 0 Å². The summed E-state index contributed by atoms with van der Waals surface area (Å²) in [6.07, 6.45) is 3.08. The van der Waals surface area contributed by atoms with Crippen molar-refractivity contribution in [3.63, 3.8) is 0 Å². The van der Waals surface area contributed by atoms with E-state index in [9.17, 15) is 0 Å². The number of nitrogens with zero attached hydrogens (tertiary/aromatic N) is 1. The summed E-state index contributed by atoms with van der Waals surface area (Å²) >= 11 is 1.86. The van der Waals surface area contributed by atoms with Gasteiger partial charge in [0, 0.05) is 17.1 Å². The van der Waals surface area contributed by atoms with Gasteiger partial charge in [0.05, 0.1) is 0 Å². The summed E-state index contributed by atoms with van der Waals surface area (Å²) in [6, 6.07) is 8.57. The zero-order chi connectivity index (χ0) is 12.3.